The van der Waals surface area contributed by atoms with Crippen molar-refractivity contribution in [2.75, 3.05) is 13.2 Å². The molecule has 4 rings (SSSR count). The van der Waals surface area contributed by atoms with Crippen LogP contribution in [0.5, 0.6) is 0 Å². The fourth-order valence-corrected chi connectivity index (χ4v) is 3.80. The molecular weight excluding hydrogens is 204 g/mol. The van der Waals surface area contributed by atoms with Crippen LogP contribution < -0.4 is 0 Å². The van der Waals surface area contributed by atoms with E-state index >= 15 is 0 Å². The van der Waals surface area contributed by atoms with Crippen molar-refractivity contribution < 1.29 is 9.68 Å². The van der Waals surface area contributed by atoms with Crippen LogP contribution in [0.2, 0.25) is 0 Å². The van der Waals surface area contributed by atoms with Crippen molar-refractivity contribution >= 4 is 11.4 Å². The summed E-state index contributed by atoms with van der Waals surface area (Å²) in [5, 5.41) is 8.52. The third-order valence-electron chi connectivity index (χ3n) is 4.63. The molecule has 86 valence electrons. The summed E-state index contributed by atoms with van der Waals surface area (Å²) in [7, 11) is 0. The highest BCUT2D eigenvalue weighted by molar-refractivity contribution is 5.99. The van der Waals surface area contributed by atoms with Gasteiger partial charge in [-0.3, -0.25) is 0 Å². The summed E-state index contributed by atoms with van der Waals surface area (Å²) in [6.45, 7) is 1.62. The molecule has 4 nitrogen and oxygen atoms in total. The zero-order valence-electron chi connectivity index (χ0n) is 9.26. The molecule has 2 unspecified atom stereocenters. The first-order chi connectivity index (χ1) is 7.93. The van der Waals surface area contributed by atoms with Crippen LogP contribution in [0.4, 0.5) is 0 Å². The Bertz CT molecular complexity index is 341. The second kappa shape index (κ2) is 3.22. The number of hydrogen-bond acceptors (Lipinski definition) is 4. The molecule has 16 heavy (non-hydrogen) atoms. The number of rotatable bonds is 1. The van der Waals surface area contributed by atoms with E-state index in [0.717, 1.165) is 13.2 Å². The smallest absolute Gasteiger partial charge is 0.125 e. The summed E-state index contributed by atoms with van der Waals surface area (Å²) in [5.74, 6) is 2.40. The van der Waals surface area contributed by atoms with Gasteiger partial charge in [-0.1, -0.05) is 10.3 Å². The van der Waals surface area contributed by atoms with Gasteiger partial charge in [-0.25, -0.2) is 0 Å². The first-order valence-corrected chi connectivity index (χ1v) is 6.33. The second-order valence-corrected chi connectivity index (χ2v) is 5.39. The minimum Gasteiger partial charge on any atom is -0.395 e. The summed E-state index contributed by atoms with van der Waals surface area (Å²) >= 11 is 0. The molecule has 2 aliphatic heterocycles. The van der Waals surface area contributed by atoms with Gasteiger partial charge in [0.2, 0.25) is 0 Å². The third kappa shape index (κ3) is 1.10. The van der Waals surface area contributed by atoms with Crippen molar-refractivity contribution in [3.63, 3.8) is 0 Å². The highest BCUT2D eigenvalue weighted by Crippen LogP contribution is 2.44. The average Bonchev–Trinajstić information content (AvgIpc) is 2.97. The SMILES string of the molecule is C1C[C@@H]2CON=C2C1C1CC[C@@H]2CON=C12. The Balaban J connectivity index is 1.62. The van der Waals surface area contributed by atoms with E-state index in [0.29, 0.717) is 23.7 Å². The van der Waals surface area contributed by atoms with E-state index in [4.69, 9.17) is 9.68 Å². The molecule has 0 amide bonds. The predicted octanol–water partition coefficient (Wildman–Crippen LogP) is 1.81. The molecule has 2 saturated carbocycles. The van der Waals surface area contributed by atoms with Crippen LogP contribution in [0.1, 0.15) is 25.7 Å². The van der Waals surface area contributed by atoms with E-state index in [1.165, 1.54) is 37.1 Å². The first kappa shape index (κ1) is 9.02. The number of oxime groups is 2. The zero-order valence-corrected chi connectivity index (χ0v) is 9.26. The zero-order chi connectivity index (χ0) is 10.5. The summed E-state index contributed by atoms with van der Waals surface area (Å²) in [6, 6.07) is 0. The van der Waals surface area contributed by atoms with Crippen molar-refractivity contribution in [3.05, 3.63) is 0 Å². The lowest BCUT2D eigenvalue weighted by Crippen LogP contribution is -2.25. The molecule has 2 heterocycles. The van der Waals surface area contributed by atoms with E-state index in [2.05, 4.69) is 10.3 Å². The number of nitrogens with zero attached hydrogens (tertiary/aromatic N) is 2. The molecule has 0 N–H and O–H groups in total. The molecule has 2 fully saturated rings. The van der Waals surface area contributed by atoms with E-state index in [1.54, 1.807) is 0 Å². The van der Waals surface area contributed by atoms with Crippen LogP contribution >= 0.6 is 0 Å². The molecule has 0 aromatic heterocycles. The Kier molecular flexibility index (Phi) is 1.81. The largest absolute Gasteiger partial charge is 0.395 e. The van der Waals surface area contributed by atoms with E-state index in [9.17, 15) is 0 Å². The molecule has 0 bridgehead atoms. The van der Waals surface area contributed by atoms with Gasteiger partial charge in [0.1, 0.15) is 13.2 Å². The molecule has 0 saturated heterocycles. The Hall–Kier alpha value is -1.06. The fourth-order valence-electron chi connectivity index (χ4n) is 3.80. The van der Waals surface area contributed by atoms with Crippen LogP contribution in [-0.4, -0.2) is 24.6 Å². The van der Waals surface area contributed by atoms with Gasteiger partial charge in [-0.2, -0.15) is 0 Å². The molecule has 0 spiro atoms. The number of hydrogen-bond donors (Lipinski definition) is 0. The topological polar surface area (TPSA) is 43.2 Å². The van der Waals surface area contributed by atoms with Crippen LogP contribution in [0.15, 0.2) is 10.3 Å². The Morgan fingerprint density at radius 2 is 1.25 bits per heavy atom. The maximum absolute atomic E-state index is 5.23. The Morgan fingerprint density at radius 3 is 1.75 bits per heavy atom. The monoisotopic (exact) mass is 220 g/mol. The Labute approximate surface area is 94.7 Å². The quantitative estimate of drug-likeness (QED) is 0.676. The maximum Gasteiger partial charge on any atom is 0.125 e. The summed E-state index contributed by atoms with van der Waals surface area (Å²) in [5.41, 5.74) is 2.64. The first-order valence-electron chi connectivity index (χ1n) is 6.33. The minimum absolute atomic E-state index is 0.595. The van der Waals surface area contributed by atoms with Crippen molar-refractivity contribution in [1.82, 2.24) is 0 Å². The second-order valence-electron chi connectivity index (χ2n) is 5.39. The van der Waals surface area contributed by atoms with Gasteiger partial charge >= 0.3 is 0 Å². The summed E-state index contributed by atoms with van der Waals surface area (Å²) < 4.78 is 0. The van der Waals surface area contributed by atoms with E-state index in [1.807, 2.05) is 0 Å². The standard InChI is InChI=1S/C12H16N2O2/c1-3-9(11-7(1)5-15-13-11)10-4-2-8-6-16-14-12(8)10/h7-10H,1-6H2/t7-,8-,9?,10?/m1/s1. The van der Waals surface area contributed by atoms with Gasteiger partial charge in [0.15, 0.2) is 0 Å². The van der Waals surface area contributed by atoms with Crippen molar-refractivity contribution in [3.8, 4) is 0 Å². The maximum atomic E-state index is 5.23. The lowest BCUT2D eigenvalue weighted by atomic mass is 9.85. The summed E-state index contributed by atoms with van der Waals surface area (Å²) in [6.07, 6.45) is 5.03. The summed E-state index contributed by atoms with van der Waals surface area (Å²) in [4.78, 5) is 10.5. The highest BCUT2D eigenvalue weighted by atomic mass is 16.6. The van der Waals surface area contributed by atoms with Crippen LogP contribution in [0.25, 0.3) is 0 Å². The lowest BCUT2D eigenvalue weighted by molar-refractivity contribution is 0.148. The van der Waals surface area contributed by atoms with E-state index < -0.39 is 0 Å². The van der Waals surface area contributed by atoms with Crippen LogP contribution in [0.3, 0.4) is 0 Å². The van der Waals surface area contributed by atoms with E-state index in [-0.39, 0.29) is 0 Å². The number of fused-ring (bicyclic) bond motifs is 2. The van der Waals surface area contributed by atoms with Crippen molar-refractivity contribution in [1.29, 1.82) is 0 Å². The molecule has 4 heteroatoms. The van der Waals surface area contributed by atoms with Gasteiger partial charge in [0.25, 0.3) is 0 Å². The average molecular weight is 220 g/mol. The minimum atomic E-state index is 0.595. The molecule has 0 aromatic carbocycles. The predicted molar refractivity (Wildman–Crippen MR) is 59.2 cm³/mol. The van der Waals surface area contributed by atoms with Gasteiger partial charge < -0.3 is 9.68 Å². The lowest BCUT2D eigenvalue weighted by Gasteiger charge is -2.17. The van der Waals surface area contributed by atoms with Crippen LogP contribution in [-0.2, 0) is 9.68 Å². The molecular formula is C12H16N2O2. The van der Waals surface area contributed by atoms with Gasteiger partial charge in [0, 0.05) is 23.7 Å². The molecule has 0 aromatic rings. The fraction of sp³-hybridized carbons (Fsp3) is 0.833. The van der Waals surface area contributed by atoms with Crippen LogP contribution in [0, 0.1) is 23.7 Å². The van der Waals surface area contributed by atoms with Gasteiger partial charge in [0.05, 0.1) is 11.4 Å². The van der Waals surface area contributed by atoms with Gasteiger partial charge in [-0.05, 0) is 25.7 Å². The molecule has 4 atom stereocenters. The van der Waals surface area contributed by atoms with Crippen molar-refractivity contribution in [2.24, 2.45) is 34.0 Å². The van der Waals surface area contributed by atoms with Crippen molar-refractivity contribution in [2.45, 2.75) is 25.7 Å². The molecule has 2 aliphatic carbocycles. The van der Waals surface area contributed by atoms with Gasteiger partial charge in [-0.15, -0.1) is 0 Å². The highest BCUT2D eigenvalue weighted by Gasteiger charge is 2.47. The molecule has 4 aliphatic rings. The Morgan fingerprint density at radius 1 is 0.750 bits per heavy atom. The molecule has 0 radical (unpaired) electrons. The third-order valence-corrected chi connectivity index (χ3v) is 4.63. The normalized spacial score (nSPS) is 44.5.